The Morgan fingerprint density at radius 2 is 2.07 bits per heavy atom. The predicted octanol–water partition coefficient (Wildman–Crippen LogP) is 0.389. The minimum atomic E-state index is -0.943. The maximum absolute atomic E-state index is 10.8. The van der Waals surface area contributed by atoms with E-state index in [4.69, 9.17) is 15.1 Å². The highest BCUT2D eigenvalue weighted by atomic mass is 16.6. The van der Waals surface area contributed by atoms with E-state index in [1.54, 1.807) is 0 Å². The van der Waals surface area contributed by atoms with Crippen LogP contribution in [0.5, 0.6) is 0 Å². The van der Waals surface area contributed by atoms with E-state index >= 15 is 0 Å². The highest BCUT2D eigenvalue weighted by Gasteiger charge is 2.31. The molecule has 0 aliphatic carbocycles. The van der Waals surface area contributed by atoms with E-state index in [1.165, 1.54) is 0 Å². The molecule has 0 unspecified atom stereocenters. The lowest BCUT2D eigenvalue weighted by Gasteiger charge is -2.27. The molecule has 0 aromatic heterocycles. The molecule has 0 heterocycles. The van der Waals surface area contributed by atoms with Gasteiger partial charge in [0.25, 0.3) is 0 Å². The summed E-state index contributed by atoms with van der Waals surface area (Å²) in [5, 5.41) is 17.3. The van der Waals surface area contributed by atoms with Gasteiger partial charge in [0.2, 0.25) is 0 Å². The summed E-state index contributed by atoms with van der Waals surface area (Å²) in [5.74, 6) is -0.943. The van der Waals surface area contributed by atoms with Gasteiger partial charge in [0.05, 0.1) is 6.61 Å². The number of carboxylic acids is 1. The smallest absolute Gasteiger partial charge is 0.323 e. The molecule has 5 heteroatoms. The quantitative estimate of drug-likeness (QED) is 0.432. The van der Waals surface area contributed by atoms with Gasteiger partial charge >= 0.3 is 5.97 Å². The Balaban J connectivity index is 3.94. The van der Waals surface area contributed by atoms with Crippen LogP contribution >= 0.6 is 0 Å². The molecule has 0 aromatic carbocycles. The number of aliphatic hydroxyl groups is 1. The first kappa shape index (κ1) is 13.4. The van der Waals surface area contributed by atoms with Gasteiger partial charge in [0.15, 0.2) is 0 Å². The van der Waals surface area contributed by atoms with Crippen LogP contribution in [0.25, 0.3) is 0 Å². The van der Waals surface area contributed by atoms with Crippen LogP contribution < -0.4 is 5.48 Å². The maximum atomic E-state index is 10.8. The molecule has 0 saturated carbocycles. The number of rotatable bonds is 6. The Labute approximate surface area is 84.0 Å². The van der Waals surface area contributed by atoms with Crippen molar-refractivity contribution in [3.05, 3.63) is 0 Å². The molecular weight excluding hydrogens is 186 g/mol. The molecule has 14 heavy (non-hydrogen) atoms. The minimum Gasteiger partial charge on any atom is -0.480 e. The van der Waals surface area contributed by atoms with Gasteiger partial charge in [0.1, 0.15) is 6.04 Å². The molecule has 0 aliphatic rings. The predicted molar refractivity (Wildman–Crippen MR) is 51.7 cm³/mol. The first-order valence-corrected chi connectivity index (χ1v) is 4.60. The van der Waals surface area contributed by atoms with Crippen LogP contribution in [-0.4, -0.2) is 35.4 Å². The minimum absolute atomic E-state index is 0.0366. The van der Waals surface area contributed by atoms with Gasteiger partial charge in [-0.25, -0.2) is 0 Å². The van der Waals surface area contributed by atoms with E-state index in [1.807, 2.05) is 20.8 Å². The van der Waals surface area contributed by atoms with Gasteiger partial charge in [-0.1, -0.05) is 20.8 Å². The molecule has 0 bridgehead atoms. The van der Waals surface area contributed by atoms with Gasteiger partial charge in [-0.15, -0.1) is 0 Å². The van der Waals surface area contributed by atoms with Crippen molar-refractivity contribution in [3.63, 3.8) is 0 Å². The molecule has 5 nitrogen and oxygen atoms in total. The lowest BCUT2D eigenvalue weighted by atomic mass is 9.87. The number of aliphatic carboxylic acids is 1. The topological polar surface area (TPSA) is 78.8 Å². The van der Waals surface area contributed by atoms with Crippen LogP contribution in [0.15, 0.2) is 0 Å². The molecule has 84 valence electrons. The number of aliphatic hydroxyl groups excluding tert-OH is 1. The zero-order chi connectivity index (χ0) is 11.2. The molecule has 3 N–H and O–H groups in total. The van der Waals surface area contributed by atoms with Gasteiger partial charge in [0, 0.05) is 6.61 Å². The Kier molecular flexibility index (Phi) is 5.68. The van der Waals surface area contributed by atoms with E-state index in [9.17, 15) is 4.79 Å². The average molecular weight is 205 g/mol. The summed E-state index contributed by atoms with van der Waals surface area (Å²) < 4.78 is 0. The van der Waals surface area contributed by atoms with Crippen LogP contribution in [-0.2, 0) is 9.63 Å². The van der Waals surface area contributed by atoms with Gasteiger partial charge in [-0.2, -0.15) is 5.48 Å². The fourth-order valence-electron chi connectivity index (χ4n) is 0.877. The van der Waals surface area contributed by atoms with E-state index in [2.05, 4.69) is 5.48 Å². The third-order valence-corrected chi connectivity index (χ3v) is 1.72. The third kappa shape index (κ3) is 5.16. The third-order valence-electron chi connectivity index (χ3n) is 1.72. The normalized spacial score (nSPS) is 14.0. The summed E-state index contributed by atoms with van der Waals surface area (Å²) in [6.07, 6.45) is 0.490. The summed E-state index contributed by atoms with van der Waals surface area (Å²) in [6.45, 7) is 5.78. The maximum Gasteiger partial charge on any atom is 0.323 e. The van der Waals surface area contributed by atoms with Crippen LogP contribution in [0, 0.1) is 5.41 Å². The molecular formula is C9H19NO4. The second-order valence-corrected chi connectivity index (χ2v) is 4.18. The number of carbonyl (C=O) groups is 1. The summed E-state index contributed by atoms with van der Waals surface area (Å²) in [6, 6.07) is -0.749. The Morgan fingerprint density at radius 3 is 2.43 bits per heavy atom. The highest BCUT2D eigenvalue weighted by molar-refractivity contribution is 5.74. The Bertz CT molecular complexity index is 176. The number of carboxylic acid groups (broad SMARTS) is 1. The highest BCUT2D eigenvalue weighted by Crippen LogP contribution is 2.19. The monoisotopic (exact) mass is 205 g/mol. The zero-order valence-corrected chi connectivity index (χ0v) is 8.91. The fraction of sp³-hybridized carbons (Fsp3) is 0.889. The van der Waals surface area contributed by atoms with Crippen LogP contribution in [0.1, 0.15) is 27.2 Å². The molecule has 0 rings (SSSR count). The molecule has 0 aromatic rings. The largest absolute Gasteiger partial charge is 0.480 e. The second kappa shape index (κ2) is 5.95. The summed E-state index contributed by atoms with van der Waals surface area (Å²) >= 11 is 0. The first-order valence-electron chi connectivity index (χ1n) is 4.60. The van der Waals surface area contributed by atoms with Gasteiger partial charge in [-0.05, 0) is 11.8 Å². The second-order valence-electron chi connectivity index (χ2n) is 4.18. The molecule has 1 atom stereocenters. The lowest BCUT2D eigenvalue weighted by Crippen LogP contribution is -2.46. The Hall–Kier alpha value is -0.650. The van der Waals surface area contributed by atoms with Crippen LogP contribution in [0.2, 0.25) is 0 Å². The Morgan fingerprint density at radius 1 is 1.50 bits per heavy atom. The van der Waals surface area contributed by atoms with Crippen molar-refractivity contribution < 1.29 is 19.8 Å². The molecule has 0 radical (unpaired) electrons. The summed E-state index contributed by atoms with van der Waals surface area (Å²) in [4.78, 5) is 15.8. The summed E-state index contributed by atoms with van der Waals surface area (Å²) in [5.41, 5.74) is 2.07. The first-order chi connectivity index (χ1) is 6.39. The zero-order valence-electron chi connectivity index (χ0n) is 8.91. The van der Waals surface area contributed by atoms with E-state index < -0.39 is 17.4 Å². The number of hydrogen-bond donors (Lipinski definition) is 3. The number of hydrogen-bond acceptors (Lipinski definition) is 4. The molecule has 0 amide bonds. The number of hydroxylamine groups is 1. The summed E-state index contributed by atoms with van der Waals surface area (Å²) in [7, 11) is 0. The standard InChI is InChI=1S/C9H19NO4/c1-9(2,3)7(8(12)13)10-14-6-4-5-11/h7,10-11H,4-6H2,1-3H3,(H,12,13)/t7-/m1/s1. The van der Waals surface area contributed by atoms with Crippen molar-refractivity contribution in [2.24, 2.45) is 5.41 Å². The van der Waals surface area contributed by atoms with Crippen molar-refractivity contribution in [1.82, 2.24) is 5.48 Å². The van der Waals surface area contributed by atoms with Crippen molar-refractivity contribution in [1.29, 1.82) is 0 Å². The van der Waals surface area contributed by atoms with E-state index in [0.29, 0.717) is 13.0 Å². The van der Waals surface area contributed by atoms with Gasteiger partial charge < -0.3 is 15.1 Å². The fourth-order valence-corrected chi connectivity index (χ4v) is 0.877. The SMILES string of the molecule is CC(C)(C)[C@H](NOCCCO)C(=O)O. The molecule has 0 saturated heterocycles. The van der Waals surface area contributed by atoms with Gasteiger partial charge in [-0.3, -0.25) is 4.79 Å². The van der Waals surface area contributed by atoms with Crippen LogP contribution in [0.3, 0.4) is 0 Å². The van der Waals surface area contributed by atoms with Crippen molar-refractivity contribution in [2.75, 3.05) is 13.2 Å². The van der Waals surface area contributed by atoms with Crippen molar-refractivity contribution in [2.45, 2.75) is 33.2 Å². The van der Waals surface area contributed by atoms with Crippen LogP contribution in [0.4, 0.5) is 0 Å². The van der Waals surface area contributed by atoms with Crippen molar-refractivity contribution >= 4 is 5.97 Å². The van der Waals surface area contributed by atoms with E-state index in [-0.39, 0.29) is 6.61 Å². The lowest BCUT2D eigenvalue weighted by molar-refractivity contribution is -0.148. The molecule has 0 spiro atoms. The molecule has 0 fully saturated rings. The number of nitrogens with one attached hydrogen (secondary N) is 1. The van der Waals surface area contributed by atoms with Crippen molar-refractivity contribution in [3.8, 4) is 0 Å². The van der Waals surface area contributed by atoms with E-state index in [0.717, 1.165) is 0 Å². The average Bonchev–Trinajstić information content (AvgIpc) is 2.01. The molecule has 0 aliphatic heterocycles.